The molecular weight excluding hydrogens is 423 g/mol. The van der Waals surface area contributed by atoms with E-state index in [0.29, 0.717) is 13.0 Å². The van der Waals surface area contributed by atoms with Gasteiger partial charge >= 0.3 is 5.97 Å². The highest BCUT2D eigenvalue weighted by molar-refractivity contribution is 14.1. The Morgan fingerprint density at radius 3 is 1.36 bits per heavy atom. The Bertz CT molecular complexity index is 269. The number of rotatable bonds is 20. The van der Waals surface area contributed by atoms with Crippen LogP contribution in [0.3, 0.4) is 0 Å². The van der Waals surface area contributed by atoms with Gasteiger partial charge in [0.15, 0.2) is 0 Å². The lowest BCUT2D eigenvalue weighted by molar-refractivity contribution is -0.143. The lowest BCUT2D eigenvalue weighted by Crippen LogP contribution is -2.05. The summed E-state index contributed by atoms with van der Waals surface area (Å²) >= 11 is 2.21. The second-order valence-corrected chi connectivity index (χ2v) is 8.40. The summed E-state index contributed by atoms with van der Waals surface area (Å²) in [6, 6.07) is 0. The van der Waals surface area contributed by atoms with Crippen molar-refractivity contribution >= 4 is 28.6 Å². The summed E-state index contributed by atoms with van der Waals surface area (Å²) in [5.41, 5.74) is 0. The first kappa shape index (κ1) is 25.2. The maximum absolute atomic E-state index is 11.2. The molecular formula is C22H43IO2. The summed E-state index contributed by atoms with van der Waals surface area (Å²) in [4.78, 5) is 11.2. The number of hydrogen-bond acceptors (Lipinski definition) is 2. The van der Waals surface area contributed by atoms with Crippen LogP contribution < -0.4 is 0 Å². The number of halogens is 1. The number of ether oxygens (including phenoxy) is 1. The molecule has 0 aromatic rings. The molecule has 2 nitrogen and oxygen atoms in total. The van der Waals surface area contributed by atoms with Gasteiger partial charge in [-0.25, -0.2) is 0 Å². The van der Waals surface area contributed by atoms with E-state index in [9.17, 15) is 4.79 Å². The summed E-state index contributed by atoms with van der Waals surface area (Å²) in [6.07, 6.45) is 24.0. The van der Waals surface area contributed by atoms with Gasteiger partial charge in [0.25, 0.3) is 0 Å². The van der Waals surface area contributed by atoms with Gasteiger partial charge in [-0.1, -0.05) is 132 Å². The molecule has 0 bridgehead atoms. The first-order valence-corrected chi connectivity index (χ1v) is 12.6. The van der Waals surface area contributed by atoms with Crippen LogP contribution in [0.5, 0.6) is 0 Å². The molecule has 0 saturated heterocycles. The molecule has 0 aromatic heterocycles. The fourth-order valence-corrected chi connectivity index (χ4v) is 3.60. The lowest BCUT2D eigenvalue weighted by Gasteiger charge is -2.04. The fourth-order valence-electron chi connectivity index (χ4n) is 3.16. The van der Waals surface area contributed by atoms with E-state index in [1.165, 1.54) is 103 Å². The van der Waals surface area contributed by atoms with E-state index in [0.717, 1.165) is 10.8 Å². The smallest absolute Gasteiger partial charge is 0.306 e. The number of hydrogen-bond donors (Lipinski definition) is 0. The lowest BCUT2D eigenvalue weighted by atomic mass is 10.0. The molecule has 0 fully saturated rings. The van der Waals surface area contributed by atoms with Crippen molar-refractivity contribution in [1.29, 1.82) is 0 Å². The fraction of sp³-hybridized carbons (Fsp3) is 0.955. The van der Waals surface area contributed by atoms with E-state index in [-0.39, 0.29) is 5.97 Å². The van der Waals surface area contributed by atoms with Gasteiger partial charge in [-0.05, 0) is 6.42 Å². The normalized spacial score (nSPS) is 11.0. The highest BCUT2D eigenvalue weighted by Gasteiger charge is 2.00. The van der Waals surface area contributed by atoms with Crippen molar-refractivity contribution in [2.75, 3.05) is 11.0 Å². The molecule has 0 radical (unpaired) electrons. The third-order valence-electron chi connectivity index (χ3n) is 4.81. The highest BCUT2D eigenvalue weighted by Crippen LogP contribution is 2.14. The summed E-state index contributed by atoms with van der Waals surface area (Å²) in [7, 11) is 0. The van der Waals surface area contributed by atoms with Crippen LogP contribution in [0.2, 0.25) is 0 Å². The molecule has 0 heterocycles. The van der Waals surface area contributed by atoms with Crippen molar-refractivity contribution in [2.24, 2.45) is 0 Å². The van der Waals surface area contributed by atoms with E-state index in [2.05, 4.69) is 29.5 Å². The van der Waals surface area contributed by atoms with E-state index in [1.54, 1.807) is 0 Å². The molecule has 0 amide bonds. The molecule has 0 saturated carbocycles. The maximum Gasteiger partial charge on any atom is 0.306 e. The minimum atomic E-state index is -0.0362. The molecule has 0 unspecified atom stereocenters. The van der Waals surface area contributed by atoms with E-state index in [4.69, 9.17) is 4.74 Å². The third-order valence-corrected chi connectivity index (χ3v) is 5.35. The van der Waals surface area contributed by atoms with Gasteiger partial charge in [0.05, 0.1) is 13.0 Å². The Kier molecular flexibility index (Phi) is 22.4. The average Bonchev–Trinajstić information content (AvgIpc) is 2.61. The van der Waals surface area contributed by atoms with Crippen LogP contribution >= 0.6 is 22.6 Å². The van der Waals surface area contributed by atoms with Gasteiger partial charge in [-0.15, -0.1) is 0 Å². The molecule has 0 aliphatic heterocycles. The second kappa shape index (κ2) is 22.2. The summed E-state index contributed by atoms with van der Waals surface area (Å²) < 4.78 is 6.02. The first-order chi connectivity index (χ1) is 12.3. The van der Waals surface area contributed by atoms with Gasteiger partial charge in [-0.3, -0.25) is 4.79 Å². The van der Waals surface area contributed by atoms with Crippen LogP contribution in [-0.4, -0.2) is 17.0 Å². The minimum Gasteiger partial charge on any atom is -0.466 e. The topological polar surface area (TPSA) is 26.3 Å². The molecule has 150 valence electrons. The number of carbonyl (C=O) groups excluding carboxylic acids is 1. The molecule has 0 aliphatic carbocycles. The molecule has 0 rings (SSSR count). The predicted octanol–water partition coefficient (Wildman–Crippen LogP) is 8.01. The number of carbonyl (C=O) groups is 1. The van der Waals surface area contributed by atoms with E-state index < -0.39 is 0 Å². The summed E-state index contributed by atoms with van der Waals surface area (Å²) in [6.45, 7) is 2.90. The molecule has 0 aliphatic rings. The maximum atomic E-state index is 11.2. The van der Waals surface area contributed by atoms with Crippen molar-refractivity contribution in [2.45, 2.75) is 122 Å². The van der Waals surface area contributed by atoms with Crippen LogP contribution in [0.4, 0.5) is 0 Å². The van der Waals surface area contributed by atoms with Crippen LogP contribution in [0.15, 0.2) is 0 Å². The van der Waals surface area contributed by atoms with Gasteiger partial charge < -0.3 is 4.74 Å². The van der Waals surface area contributed by atoms with Crippen LogP contribution in [0.1, 0.15) is 122 Å². The van der Waals surface area contributed by atoms with Gasteiger partial charge in [0.1, 0.15) is 0 Å². The van der Waals surface area contributed by atoms with Crippen LogP contribution in [-0.2, 0) is 9.53 Å². The number of esters is 1. The van der Waals surface area contributed by atoms with Crippen LogP contribution in [0, 0.1) is 0 Å². The largest absolute Gasteiger partial charge is 0.466 e. The average molecular weight is 466 g/mol. The minimum absolute atomic E-state index is 0.0362. The van der Waals surface area contributed by atoms with Crippen molar-refractivity contribution in [1.82, 2.24) is 0 Å². The Morgan fingerprint density at radius 2 is 1.00 bits per heavy atom. The Hall–Kier alpha value is 0.200. The Morgan fingerprint density at radius 1 is 0.640 bits per heavy atom. The van der Waals surface area contributed by atoms with Gasteiger partial charge in [-0.2, -0.15) is 0 Å². The first-order valence-electron chi connectivity index (χ1n) is 11.0. The molecule has 0 aromatic carbocycles. The molecule has 0 atom stereocenters. The monoisotopic (exact) mass is 466 g/mol. The zero-order chi connectivity index (χ0) is 18.4. The third kappa shape index (κ3) is 22.2. The van der Waals surface area contributed by atoms with Crippen molar-refractivity contribution < 1.29 is 9.53 Å². The summed E-state index contributed by atoms with van der Waals surface area (Å²) in [5, 5.41) is 0. The molecule has 3 heteroatoms. The Balaban J connectivity index is 3.02. The SMILES string of the molecule is CCCCCCCCCCCCCCCCCCCOC(=O)CCI. The predicted molar refractivity (Wildman–Crippen MR) is 119 cm³/mol. The highest BCUT2D eigenvalue weighted by atomic mass is 127. The van der Waals surface area contributed by atoms with Gasteiger partial charge in [0.2, 0.25) is 0 Å². The van der Waals surface area contributed by atoms with Crippen molar-refractivity contribution in [3.63, 3.8) is 0 Å². The van der Waals surface area contributed by atoms with E-state index >= 15 is 0 Å². The standard InChI is InChI=1S/C22H43IO2/c1-2-3-4-5-6-7-8-9-10-11-12-13-14-15-16-17-18-21-25-22(24)19-20-23/h2-21H2,1H3. The summed E-state index contributed by atoms with van der Waals surface area (Å²) in [5.74, 6) is -0.0362. The molecule has 0 N–H and O–H groups in total. The zero-order valence-corrected chi connectivity index (χ0v) is 19.0. The number of alkyl halides is 1. The Labute approximate surface area is 171 Å². The van der Waals surface area contributed by atoms with Crippen molar-refractivity contribution in [3.05, 3.63) is 0 Å². The van der Waals surface area contributed by atoms with Crippen LogP contribution in [0.25, 0.3) is 0 Å². The number of unbranched alkanes of at least 4 members (excludes halogenated alkanes) is 16. The second-order valence-electron chi connectivity index (χ2n) is 7.32. The van der Waals surface area contributed by atoms with E-state index in [1.807, 2.05) is 0 Å². The van der Waals surface area contributed by atoms with Gasteiger partial charge in [0, 0.05) is 4.43 Å². The molecule has 25 heavy (non-hydrogen) atoms. The zero-order valence-electron chi connectivity index (χ0n) is 16.8. The molecule has 0 spiro atoms. The quantitative estimate of drug-likeness (QED) is 0.0786. The van der Waals surface area contributed by atoms with Crippen molar-refractivity contribution in [3.8, 4) is 0 Å².